The molecule has 2 aromatic carbocycles. The van der Waals surface area contributed by atoms with Crippen molar-refractivity contribution in [3.8, 4) is 23.0 Å². The monoisotopic (exact) mass is 380 g/mol. The third-order valence-corrected chi connectivity index (χ3v) is 4.68. The van der Waals surface area contributed by atoms with E-state index in [0.29, 0.717) is 24.4 Å². The highest BCUT2D eigenvalue weighted by atomic mass is 19.1. The molecule has 3 heterocycles. The summed E-state index contributed by atoms with van der Waals surface area (Å²) in [6.45, 7) is 0.841. The molecule has 1 atom stereocenters. The summed E-state index contributed by atoms with van der Waals surface area (Å²) >= 11 is 0. The van der Waals surface area contributed by atoms with E-state index in [4.69, 9.17) is 9.26 Å². The fourth-order valence-corrected chi connectivity index (χ4v) is 3.25. The van der Waals surface area contributed by atoms with Crippen molar-refractivity contribution >= 4 is 0 Å². The Bertz CT molecular complexity index is 1140. The van der Waals surface area contributed by atoms with Gasteiger partial charge in [-0.25, -0.2) is 13.8 Å². The number of fused-ring (bicyclic) bond motifs is 1. The number of imidazole rings is 1. The lowest BCUT2D eigenvalue weighted by molar-refractivity contribution is 0.00326. The van der Waals surface area contributed by atoms with Gasteiger partial charge in [-0.05, 0) is 29.8 Å². The van der Waals surface area contributed by atoms with Crippen molar-refractivity contribution < 1.29 is 18.0 Å². The van der Waals surface area contributed by atoms with Crippen LogP contribution in [-0.2, 0) is 17.9 Å². The van der Waals surface area contributed by atoms with Crippen molar-refractivity contribution in [3.63, 3.8) is 0 Å². The van der Waals surface area contributed by atoms with E-state index in [2.05, 4.69) is 15.1 Å². The van der Waals surface area contributed by atoms with E-state index in [1.165, 1.54) is 24.3 Å². The molecule has 2 aromatic heterocycles. The average Bonchev–Trinajstić information content (AvgIpc) is 3.35. The summed E-state index contributed by atoms with van der Waals surface area (Å²) in [5.41, 5.74) is 2.77. The van der Waals surface area contributed by atoms with Crippen LogP contribution in [0.25, 0.3) is 23.0 Å². The Morgan fingerprint density at radius 1 is 1.04 bits per heavy atom. The van der Waals surface area contributed by atoms with Crippen LogP contribution >= 0.6 is 0 Å². The molecule has 1 unspecified atom stereocenters. The largest absolute Gasteiger partial charge is 0.365 e. The van der Waals surface area contributed by atoms with Gasteiger partial charge in [0.25, 0.3) is 5.89 Å². The molecular weight excluding hydrogens is 366 g/mol. The Kier molecular flexibility index (Phi) is 3.98. The highest BCUT2D eigenvalue weighted by molar-refractivity contribution is 5.59. The Morgan fingerprint density at radius 3 is 2.71 bits per heavy atom. The molecule has 0 fully saturated rings. The fraction of sp³-hybridized carbons (Fsp3) is 0.150. The maximum absolute atomic E-state index is 13.4. The molecule has 1 aliphatic heterocycles. The number of nitrogens with zero attached hydrogens (tertiary/aromatic N) is 4. The van der Waals surface area contributed by atoms with Crippen molar-refractivity contribution in [2.75, 3.05) is 0 Å². The van der Waals surface area contributed by atoms with Crippen LogP contribution in [0.15, 0.2) is 59.4 Å². The van der Waals surface area contributed by atoms with Crippen molar-refractivity contribution in [1.82, 2.24) is 19.7 Å². The number of hydrogen-bond acceptors (Lipinski definition) is 5. The van der Waals surface area contributed by atoms with Gasteiger partial charge in [0, 0.05) is 5.56 Å². The van der Waals surface area contributed by atoms with Crippen molar-refractivity contribution in [1.29, 1.82) is 0 Å². The maximum Gasteiger partial charge on any atom is 0.278 e. The zero-order chi connectivity index (χ0) is 19.1. The molecule has 8 heteroatoms. The van der Waals surface area contributed by atoms with Crippen molar-refractivity contribution in [2.45, 2.75) is 19.3 Å². The molecule has 0 bridgehead atoms. The normalized spacial score (nSPS) is 16.1. The van der Waals surface area contributed by atoms with E-state index in [9.17, 15) is 8.78 Å². The summed E-state index contributed by atoms with van der Waals surface area (Å²) in [7, 11) is 0. The molecule has 4 aromatic rings. The van der Waals surface area contributed by atoms with Gasteiger partial charge in [0.1, 0.15) is 17.7 Å². The molecule has 0 saturated carbocycles. The molecule has 0 radical (unpaired) electrons. The lowest BCUT2D eigenvalue weighted by Crippen LogP contribution is -2.20. The summed E-state index contributed by atoms with van der Waals surface area (Å²) in [6, 6.07) is 12.2. The van der Waals surface area contributed by atoms with E-state index in [1.807, 2.05) is 4.57 Å². The molecule has 0 spiro atoms. The van der Waals surface area contributed by atoms with Gasteiger partial charge in [0.05, 0.1) is 25.2 Å². The SMILES string of the molecule is Fc1ccc(C2Cn3cnc(-c4nc(-c5cccc(F)c5)no4)c3CO2)cc1. The molecule has 0 saturated heterocycles. The van der Waals surface area contributed by atoms with Crippen molar-refractivity contribution in [2.24, 2.45) is 0 Å². The molecule has 28 heavy (non-hydrogen) atoms. The van der Waals surface area contributed by atoms with Gasteiger partial charge in [0.15, 0.2) is 5.69 Å². The topological polar surface area (TPSA) is 66.0 Å². The Morgan fingerprint density at radius 2 is 1.89 bits per heavy atom. The van der Waals surface area contributed by atoms with Gasteiger partial charge >= 0.3 is 0 Å². The summed E-state index contributed by atoms with van der Waals surface area (Å²) in [5.74, 6) is -0.117. The first-order chi connectivity index (χ1) is 13.7. The van der Waals surface area contributed by atoms with E-state index in [-0.39, 0.29) is 29.5 Å². The molecule has 0 N–H and O–H groups in total. The van der Waals surface area contributed by atoms with Crippen LogP contribution in [0.3, 0.4) is 0 Å². The first-order valence-electron chi connectivity index (χ1n) is 8.68. The predicted molar refractivity (Wildman–Crippen MR) is 94.8 cm³/mol. The number of benzene rings is 2. The smallest absolute Gasteiger partial charge is 0.278 e. The molecule has 1 aliphatic rings. The second kappa shape index (κ2) is 6.65. The van der Waals surface area contributed by atoms with Gasteiger partial charge in [-0.15, -0.1) is 0 Å². The first-order valence-corrected chi connectivity index (χ1v) is 8.68. The minimum absolute atomic E-state index is 0.194. The second-order valence-electron chi connectivity index (χ2n) is 6.48. The fourth-order valence-electron chi connectivity index (χ4n) is 3.25. The third kappa shape index (κ3) is 2.97. The average molecular weight is 380 g/mol. The van der Waals surface area contributed by atoms with E-state index >= 15 is 0 Å². The molecule has 5 rings (SSSR count). The quantitative estimate of drug-likeness (QED) is 0.534. The van der Waals surface area contributed by atoms with Gasteiger partial charge < -0.3 is 13.8 Å². The van der Waals surface area contributed by atoms with E-state index in [0.717, 1.165) is 11.3 Å². The lowest BCUT2D eigenvalue weighted by atomic mass is 10.1. The van der Waals surface area contributed by atoms with E-state index in [1.54, 1.807) is 30.6 Å². The predicted octanol–water partition coefficient (Wildman–Crippen LogP) is 4.15. The lowest BCUT2D eigenvalue weighted by Gasteiger charge is -2.25. The minimum atomic E-state index is -0.372. The maximum atomic E-state index is 13.4. The van der Waals surface area contributed by atoms with Gasteiger partial charge in [-0.2, -0.15) is 4.98 Å². The Hall–Kier alpha value is -3.39. The molecular formula is C20H14F2N4O2. The summed E-state index contributed by atoms with van der Waals surface area (Å²) in [5, 5.41) is 3.92. The number of aromatic nitrogens is 4. The third-order valence-electron chi connectivity index (χ3n) is 4.68. The van der Waals surface area contributed by atoms with Gasteiger partial charge in [-0.1, -0.05) is 29.4 Å². The van der Waals surface area contributed by atoms with Gasteiger partial charge in [-0.3, -0.25) is 0 Å². The second-order valence-corrected chi connectivity index (χ2v) is 6.48. The first kappa shape index (κ1) is 16.8. The van der Waals surface area contributed by atoms with Crippen LogP contribution < -0.4 is 0 Å². The summed E-state index contributed by atoms with van der Waals surface area (Å²) < 4.78 is 39.8. The van der Waals surface area contributed by atoms with E-state index < -0.39 is 0 Å². The molecule has 6 nitrogen and oxygen atoms in total. The van der Waals surface area contributed by atoms with Gasteiger partial charge in [0.2, 0.25) is 5.82 Å². The van der Waals surface area contributed by atoms with Crippen molar-refractivity contribution in [3.05, 3.63) is 77.8 Å². The number of halogens is 2. The highest BCUT2D eigenvalue weighted by Gasteiger charge is 2.26. The zero-order valence-electron chi connectivity index (χ0n) is 14.5. The minimum Gasteiger partial charge on any atom is -0.365 e. The molecule has 0 aliphatic carbocycles. The standard InChI is InChI=1S/C20H14F2N4O2/c21-14-6-4-12(5-7-14)17-9-26-11-23-18(16(26)10-27-17)20-24-19(25-28-20)13-2-1-3-15(22)8-13/h1-8,11,17H,9-10H2. The van der Waals surface area contributed by atoms with Crippen LogP contribution in [-0.4, -0.2) is 19.7 Å². The van der Waals surface area contributed by atoms with Crippen LogP contribution in [0.2, 0.25) is 0 Å². The Labute approximate surface area is 158 Å². The van der Waals surface area contributed by atoms with Crippen LogP contribution in [0, 0.1) is 11.6 Å². The molecule has 140 valence electrons. The van der Waals surface area contributed by atoms with Crippen LogP contribution in [0.1, 0.15) is 17.4 Å². The zero-order valence-corrected chi connectivity index (χ0v) is 14.5. The number of ether oxygens (including phenoxy) is 1. The summed E-state index contributed by atoms with van der Waals surface area (Å²) in [6.07, 6.45) is 1.50. The van der Waals surface area contributed by atoms with Crippen LogP contribution in [0.5, 0.6) is 0 Å². The molecule has 0 amide bonds. The Balaban J connectivity index is 1.42. The summed E-state index contributed by atoms with van der Waals surface area (Å²) in [4.78, 5) is 8.73. The highest BCUT2D eigenvalue weighted by Crippen LogP contribution is 2.32. The number of rotatable bonds is 3. The number of hydrogen-bond donors (Lipinski definition) is 0. The van der Waals surface area contributed by atoms with Crippen LogP contribution in [0.4, 0.5) is 8.78 Å².